The van der Waals surface area contributed by atoms with Gasteiger partial charge in [0.25, 0.3) is 0 Å². The van der Waals surface area contributed by atoms with Crippen LogP contribution in [-0.4, -0.2) is 29.7 Å². The quantitative estimate of drug-likeness (QED) is 0.346. The number of hydrogen-bond acceptors (Lipinski definition) is 4. The number of benzene rings is 2. The maximum Gasteiger partial charge on any atom is 0.311 e. The van der Waals surface area contributed by atoms with E-state index in [1.807, 2.05) is 39.1 Å². The van der Waals surface area contributed by atoms with Gasteiger partial charge in [0, 0.05) is 41.2 Å². The summed E-state index contributed by atoms with van der Waals surface area (Å²) in [7, 11) is 1.62. The fourth-order valence-electron chi connectivity index (χ4n) is 4.34. The summed E-state index contributed by atoms with van der Waals surface area (Å²) in [6.45, 7) is 6.06. The molecule has 2 aromatic carbocycles. The van der Waals surface area contributed by atoms with Crippen LogP contribution in [0.1, 0.15) is 49.1 Å². The van der Waals surface area contributed by atoms with Crippen LogP contribution in [0, 0.1) is 5.41 Å². The Hall–Kier alpha value is -3.60. The van der Waals surface area contributed by atoms with Crippen molar-refractivity contribution in [3.63, 3.8) is 0 Å². The number of fused-ring (bicyclic) bond motifs is 1. The Bertz CT molecular complexity index is 1230. The molecule has 0 aliphatic heterocycles. The second-order valence-electron chi connectivity index (χ2n) is 8.86. The molecule has 4 aromatic rings. The van der Waals surface area contributed by atoms with E-state index in [0.29, 0.717) is 18.9 Å². The van der Waals surface area contributed by atoms with Crippen molar-refractivity contribution < 1.29 is 14.3 Å². The van der Waals surface area contributed by atoms with Gasteiger partial charge in [0.2, 0.25) is 5.88 Å². The van der Waals surface area contributed by atoms with E-state index in [9.17, 15) is 4.79 Å². The lowest BCUT2D eigenvalue weighted by Crippen LogP contribution is -2.29. The molecule has 0 fully saturated rings. The number of esters is 1. The summed E-state index contributed by atoms with van der Waals surface area (Å²) in [6, 6.07) is 22.9. The summed E-state index contributed by atoms with van der Waals surface area (Å²) < 4.78 is 10.5. The van der Waals surface area contributed by atoms with E-state index in [0.717, 1.165) is 22.2 Å². The minimum atomic E-state index is -0.615. The van der Waals surface area contributed by atoms with Gasteiger partial charge < -0.3 is 14.5 Å². The molecule has 1 N–H and O–H groups in total. The molecule has 0 aliphatic carbocycles. The molecular formula is C28H30N2O3. The zero-order valence-corrected chi connectivity index (χ0v) is 19.6. The Morgan fingerprint density at radius 2 is 1.82 bits per heavy atom. The number of nitrogens with zero attached hydrogens (tertiary/aromatic N) is 1. The predicted molar refractivity (Wildman–Crippen MR) is 131 cm³/mol. The van der Waals surface area contributed by atoms with E-state index in [-0.39, 0.29) is 11.9 Å². The predicted octanol–water partition coefficient (Wildman–Crippen LogP) is 5.88. The molecule has 5 heteroatoms. The highest BCUT2D eigenvalue weighted by Gasteiger charge is 2.30. The number of H-pyrrole nitrogens is 1. The van der Waals surface area contributed by atoms with Crippen molar-refractivity contribution in [1.82, 2.24) is 9.97 Å². The van der Waals surface area contributed by atoms with Crippen molar-refractivity contribution in [2.45, 2.75) is 33.1 Å². The van der Waals surface area contributed by atoms with Crippen molar-refractivity contribution in [3.05, 3.63) is 95.3 Å². The van der Waals surface area contributed by atoms with Gasteiger partial charge in [-0.3, -0.25) is 4.79 Å². The number of rotatable bonds is 8. The number of aromatic nitrogens is 2. The van der Waals surface area contributed by atoms with Gasteiger partial charge in [0.05, 0.1) is 19.1 Å². The fourth-order valence-corrected chi connectivity index (χ4v) is 4.34. The topological polar surface area (TPSA) is 64.2 Å². The molecule has 5 nitrogen and oxygen atoms in total. The van der Waals surface area contributed by atoms with E-state index in [1.54, 1.807) is 7.11 Å². The first-order valence-corrected chi connectivity index (χ1v) is 11.3. The Labute approximate surface area is 194 Å². The van der Waals surface area contributed by atoms with E-state index in [4.69, 9.17) is 9.47 Å². The van der Waals surface area contributed by atoms with Crippen LogP contribution >= 0.6 is 0 Å². The van der Waals surface area contributed by atoms with E-state index < -0.39 is 5.41 Å². The Balaban J connectivity index is 1.79. The van der Waals surface area contributed by atoms with Crippen LogP contribution in [0.4, 0.5) is 0 Å². The van der Waals surface area contributed by atoms with Crippen LogP contribution in [-0.2, 0) is 16.0 Å². The Morgan fingerprint density at radius 1 is 1.03 bits per heavy atom. The maximum absolute atomic E-state index is 12.4. The first-order valence-electron chi connectivity index (χ1n) is 11.3. The highest BCUT2D eigenvalue weighted by molar-refractivity contribution is 5.86. The van der Waals surface area contributed by atoms with Crippen molar-refractivity contribution in [2.75, 3.05) is 13.7 Å². The molecule has 170 valence electrons. The lowest BCUT2D eigenvalue weighted by molar-refractivity contribution is -0.153. The minimum Gasteiger partial charge on any atom is -0.481 e. The summed E-state index contributed by atoms with van der Waals surface area (Å²) in [5.74, 6) is 0.416. The lowest BCUT2D eigenvalue weighted by Gasteiger charge is -2.21. The zero-order chi connectivity index (χ0) is 23.4. The molecule has 0 saturated carbocycles. The van der Waals surface area contributed by atoms with Crippen LogP contribution in [0.2, 0.25) is 0 Å². The molecule has 0 spiro atoms. The molecule has 0 radical (unpaired) electrons. The SMILES string of the molecule is CCOC(=O)C(C)(C)Cc1cc2c(C(c3ccccc3)c3ccc(OC)nc3)cccc2[nH]1. The summed E-state index contributed by atoms with van der Waals surface area (Å²) in [4.78, 5) is 20.4. The first kappa shape index (κ1) is 22.6. The average Bonchev–Trinajstić information content (AvgIpc) is 3.23. The minimum absolute atomic E-state index is 0.00928. The Morgan fingerprint density at radius 3 is 2.48 bits per heavy atom. The Kier molecular flexibility index (Phi) is 6.50. The van der Waals surface area contributed by atoms with Crippen molar-refractivity contribution >= 4 is 16.9 Å². The number of methoxy groups -OCH3 is 1. The summed E-state index contributed by atoms with van der Waals surface area (Å²) in [6.07, 6.45) is 2.45. The van der Waals surface area contributed by atoms with Crippen molar-refractivity contribution in [2.24, 2.45) is 5.41 Å². The molecule has 1 unspecified atom stereocenters. The molecule has 0 aliphatic rings. The summed E-state index contributed by atoms with van der Waals surface area (Å²) in [5.41, 5.74) is 4.90. The van der Waals surface area contributed by atoms with Gasteiger partial charge in [0.1, 0.15) is 0 Å². The largest absolute Gasteiger partial charge is 0.481 e. The van der Waals surface area contributed by atoms with Gasteiger partial charge >= 0.3 is 5.97 Å². The molecule has 2 aromatic heterocycles. The lowest BCUT2D eigenvalue weighted by atomic mass is 9.84. The number of carbonyl (C=O) groups is 1. The molecule has 1 atom stereocenters. The van der Waals surface area contributed by atoms with Crippen LogP contribution in [0.3, 0.4) is 0 Å². The van der Waals surface area contributed by atoms with Gasteiger partial charge in [-0.2, -0.15) is 0 Å². The molecule has 2 heterocycles. The smallest absolute Gasteiger partial charge is 0.311 e. The summed E-state index contributed by atoms with van der Waals surface area (Å²) in [5, 5.41) is 1.14. The van der Waals surface area contributed by atoms with Gasteiger partial charge in [-0.1, -0.05) is 48.5 Å². The van der Waals surface area contributed by atoms with Crippen LogP contribution in [0.25, 0.3) is 10.9 Å². The van der Waals surface area contributed by atoms with Gasteiger partial charge in [-0.25, -0.2) is 4.98 Å². The maximum atomic E-state index is 12.4. The number of nitrogens with one attached hydrogen (secondary N) is 1. The standard InChI is InChI=1S/C28H30N2O3/c1-5-33-27(31)28(2,3)17-21-16-23-22(12-9-13-24(23)30-21)26(19-10-7-6-8-11-19)20-14-15-25(32-4)29-18-20/h6-16,18,26,30H,5,17H2,1-4H3. The molecule has 0 bridgehead atoms. The van der Waals surface area contributed by atoms with Crippen LogP contribution in [0.5, 0.6) is 5.88 Å². The second kappa shape index (κ2) is 9.49. The number of ether oxygens (including phenoxy) is 2. The second-order valence-corrected chi connectivity index (χ2v) is 8.86. The average molecular weight is 443 g/mol. The highest BCUT2D eigenvalue weighted by Crippen LogP contribution is 2.37. The van der Waals surface area contributed by atoms with Gasteiger partial charge in [0.15, 0.2) is 0 Å². The fraction of sp³-hybridized carbons (Fsp3) is 0.286. The number of aromatic amines is 1. The third-order valence-corrected chi connectivity index (χ3v) is 5.96. The monoisotopic (exact) mass is 442 g/mol. The third kappa shape index (κ3) is 4.77. The zero-order valence-electron chi connectivity index (χ0n) is 19.6. The first-order chi connectivity index (χ1) is 15.9. The highest BCUT2D eigenvalue weighted by atomic mass is 16.5. The molecule has 0 saturated heterocycles. The van der Waals surface area contributed by atoms with Crippen LogP contribution < -0.4 is 4.74 Å². The van der Waals surface area contributed by atoms with Crippen molar-refractivity contribution in [3.8, 4) is 5.88 Å². The van der Waals surface area contributed by atoms with E-state index in [1.165, 1.54) is 11.1 Å². The number of carbonyl (C=O) groups excluding carboxylic acids is 1. The molecular weight excluding hydrogens is 412 g/mol. The van der Waals surface area contributed by atoms with Crippen molar-refractivity contribution in [1.29, 1.82) is 0 Å². The molecule has 33 heavy (non-hydrogen) atoms. The molecule has 0 amide bonds. The van der Waals surface area contributed by atoms with Gasteiger partial charge in [-0.05, 0) is 49.6 Å². The molecule has 4 rings (SSSR count). The van der Waals surface area contributed by atoms with E-state index >= 15 is 0 Å². The van der Waals surface area contributed by atoms with E-state index in [2.05, 4.69) is 64.6 Å². The number of pyridine rings is 1. The van der Waals surface area contributed by atoms with Crippen LogP contribution in [0.15, 0.2) is 72.9 Å². The summed E-state index contributed by atoms with van der Waals surface area (Å²) >= 11 is 0. The number of hydrogen-bond donors (Lipinski definition) is 1. The third-order valence-electron chi connectivity index (χ3n) is 5.96. The normalized spacial score (nSPS) is 12.5. The van der Waals surface area contributed by atoms with Gasteiger partial charge in [-0.15, -0.1) is 0 Å².